The predicted molar refractivity (Wildman–Crippen MR) is 114 cm³/mol. The molecule has 2 unspecified atom stereocenters. The van der Waals surface area contributed by atoms with E-state index in [4.69, 9.17) is 16.3 Å². The van der Waals surface area contributed by atoms with E-state index in [9.17, 15) is 9.59 Å². The largest absolute Gasteiger partial charge is 0.372 e. The standard InChI is InChI=1S/C22H27ClN4O3/c1-14-12-27(13-15(2)30-14)21(28)17-7-9-26(10-8-17)22(29)19-11-24-25-20(19)16-3-5-18(23)6-4-16/h3-6,11,14-15,17H,7-10,12-13H2,1-2H3,(H,24,25). The van der Waals surface area contributed by atoms with Gasteiger partial charge in [-0.15, -0.1) is 0 Å². The first-order valence-corrected chi connectivity index (χ1v) is 10.8. The first-order valence-electron chi connectivity index (χ1n) is 10.4. The van der Waals surface area contributed by atoms with Crippen molar-refractivity contribution < 1.29 is 14.3 Å². The number of nitrogens with one attached hydrogen (secondary N) is 1. The second-order valence-electron chi connectivity index (χ2n) is 8.23. The monoisotopic (exact) mass is 430 g/mol. The molecule has 2 aliphatic rings. The Morgan fingerprint density at radius 1 is 1.07 bits per heavy atom. The minimum absolute atomic E-state index is 0.0355. The first-order chi connectivity index (χ1) is 14.4. The maximum absolute atomic E-state index is 13.1. The van der Waals surface area contributed by atoms with Crippen LogP contribution in [0, 0.1) is 5.92 Å². The fourth-order valence-electron chi connectivity index (χ4n) is 4.40. The SMILES string of the molecule is CC1CN(C(=O)C2CCN(C(=O)c3cn[nH]c3-c3ccc(Cl)cc3)CC2)CC(C)O1. The van der Waals surface area contributed by atoms with Crippen LogP contribution in [-0.2, 0) is 9.53 Å². The fourth-order valence-corrected chi connectivity index (χ4v) is 4.53. The Bertz CT molecular complexity index is 895. The highest BCUT2D eigenvalue weighted by Gasteiger charge is 2.34. The molecule has 2 atom stereocenters. The number of aromatic nitrogens is 2. The van der Waals surface area contributed by atoms with Gasteiger partial charge in [0.25, 0.3) is 5.91 Å². The molecule has 2 amide bonds. The maximum atomic E-state index is 13.1. The van der Waals surface area contributed by atoms with Crippen LogP contribution in [0.2, 0.25) is 5.02 Å². The number of carbonyl (C=O) groups is 2. The lowest BCUT2D eigenvalue weighted by Gasteiger charge is -2.39. The lowest BCUT2D eigenvalue weighted by Crippen LogP contribution is -2.51. The second-order valence-corrected chi connectivity index (χ2v) is 8.67. The third-order valence-electron chi connectivity index (χ3n) is 5.87. The average molecular weight is 431 g/mol. The number of benzene rings is 1. The summed E-state index contributed by atoms with van der Waals surface area (Å²) >= 11 is 5.97. The van der Waals surface area contributed by atoms with E-state index < -0.39 is 0 Å². The number of hydrogen-bond donors (Lipinski definition) is 1. The van der Waals surface area contributed by atoms with E-state index in [1.54, 1.807) is 18.3 Å². The van der Waals surface area contributed by atoms with Gasteiger partial charge in [0.1, 0.15) is 0 Å². The number of hydrogen-bond acceptors (Lipinski definition) is 4. The normalized spacial score (nSPS) is 22.9. The first kappa shape index (κ1) is 20.9. The molecule has 30 heavy (non-hydrogen) atoms. The van der Waals surface area contributed by atoms with Crippen LogP contribution in [0.4, 0.5) is 0 Å². The number of rotatable bonds is 3. The van der Waals surface area contributed by atoms with Gasteiger partial charge in [-0.3, -0.25) is 14.7 Å². The topological polar surface area (TPSA) is 78.5 Å². The van der Waals surface area contributed by atoms with E-state index >= 15 is 0 Å². The number of H-pyrrole nitrogens is 1. The number of halogens is 1. The Hall–Kier alpha value is -2.38. The van der Waals surface area contributed by atoms with E-state index in [2.05, 4.69) is 10.2 Å². The molecule has 0 radical (unpaired) electrons. The van der Waals surface area contributed by atoms with E-state index in [-0.39, 0.29) is 29.9 Å². The number of amides is 2. The zero-order valence-corrected chi connectivity index (χ0v) is 18.1. The van der Waals surface area contributed by atoms with Crippen molar-refractivity contribution >= 4 is 23.4 Å². The molecule has 0 bridgehead atoms. The summed E-state index contributed by atoms with van der Waals surface area (Å²) in [5.74, 6) is 0.0918. The van der Waals surface area contributed by atoms with Crippen molar-refractivity contribution in [1.29, 1.82) is 0 Å². The van der Waals surface area contributed by atoms with Crippen LogP contribution in [0.15, 0.2) is 30.5 Å². The van der Waals surface area contributed by atoms with Gasteiger partial charge >= 0.3 is 0 Å². The molecule has 3 heterocycles. The van der Waals surface area contributed by atoms with Gasteiger partial charge in [-0.25, -0.2) is 0 Å². The minimum atomic E-state index is -0.0618. The summed E-state index contributed by atoms with van der Waals surface area (Å²) in [6.07, 6.45) is 3.05. The van der Waals surface area contributed by atoms with Crippen LogP contribution in [0.5, 0.6) is 0 Å². The smallest absolute Gasteiger partial charge is 0.257 e. The van der Waals surface area contributed by atoms with Gasteiger partial charge in [-0.1, -0.05) is 23.7 Å². The predicted octanol–water partition coefficient (Wildman–Crippen LogP) is 3.22. The summed E-state index contributed by atoms with van der Waals surface area (Å²) in [5.41, 5.74) is 2.09. The highest BCUT2D eigenvalue weighted by atomic mass is 35.5. The summed E-state index contributed by atoms with van der Waals surface area (Å²) in [5, 5.41) is 7.64. The van der Waals surface area contributed by atoms with Crippen molar-refractivity contribution in [3.63, 3.8) is 0 Å². The molecule has 4 rings (SSSR count). The molecule has 2 aromatic rings. The van der Waals surface area contributed by atoms with Gasteiger partial charge in [0.2, 0.25) is 5.91 Å². The molecule has 1 aromatic carbocycles. The van der Waals surface area contributed by atoms with Crippen molar-refractivity contribution in [1.82, 2.24) is 20.0 Å². The molecule has 8 heteroatoms. The van der Waals surface area contributed by atoms with Gasteiger partial charge in [-0.2, -0.15) is 5.10 Å². The number of ether oxygens (including phenoxy) is 1. The Morgan fingerprint density at radius 2 is 1.70 bits per heavy atom. The number of nitrogens with zero attached hydrogens (tertiary/aromatic N) is 3. The zero-order valence-electron chi connectivity index (χ0n) is 17.3. The van der Waals surface area contributed by atoms with Crippen LogP contribution < -0.4 is 0 Å². The number of piperidine rings is 1. The quantitative estimate of drug-likeness (QED) is 0.810. The van der Waals surface area contributed by atoms with Crippen LogP contribution >= 0.6 is 11.6 Å². The lowest BCUT2D eigenvalue weighted by molar-refractivity contribution is -0.148. The van der Waals surface area contributed by atoms with Gasteiger partial charge in [0.05, 0.1) is 29.7 Å². The number of carbonyl (C=O) groups excluding carboxylic acids is 2. The minimum Gasteiger partial charge on any atom is -0.372 e. The van der Waals surface area contributed by atoms with Crippen LogP contribution in [0.1, 0.15) is 37.0 Å². The van der Waals surface area contributed by atoms with Gasteiger partial charge in [-0.05, 0) is 38.8 Å². The maximum Gasteiger partial charge on any atom is 0.257 e. The van der Waals surface area contributed by atoms with Gasteiger partial charge in [0, 0.05) is 42.7 Å². The Morgan fingerprint density at radius 3 is 2.33 bits per heavy atom. The van der Waals surface area contributed by atoms with Crippen molar-refractivity contribution in [2.24, 2.45) is 5.92 Å². The molecule has 1 aromatic heterocycles. The van der Waals surface area contributed by atoms with Crippen LogP contribution in [0.25, 0.3) is 11.3 Å². The van der Waals surface area contributed by atoms with E-state index in [0.717, 1.165) is 5.56 Å². The number of likely N-dealkylation sites (tertiary alicyclic amines) is 1. The van der Waals surface area contributed by atoms with Crippen molar-refractivity contribution in [3.05, 3.63) is 41.0 Å². The fraction of sp³-hybridized carbons (Fsp3) is 0.500. The molecule has 0 aliphatic carbocycles. The second kappa shape index (κ2) is 8.78. The molecule has 2 saturated heterocycles. The summed E-state index contributed by atoms with van der Waals surface area (Å²) in [6, 6.07) is 7.30. The van der Waals surface area contributed by atoms with Crippen molar-refractivity contribution in [2.45, 2.75) is 38.9 Å². The summed E-state index contributed by atoms with van der Waals surface area (Å²) in [4.78, 5) is 29.8. The highest BCUT2D eigenvalue weighted by molar-refractivity contribution is 6.30. The third-order valence-corrected chi connectivity index (χ3v) is 6.12. The van der Waals surface area contributed by atoms with Crippen LogP contribution in [0.3, 0.4) is 0 Å². The zero-order chi connectivity index (χ0) is 21.3. The molecule has 0 saturated carbocycles. The molecule has 2 fully saturated rings. The van der Waals surface area contributed by atoms with Crippen molar-refractivity contribution in [2.75, 3.05) is 26.2 Å². The Kier molecular flexibility index (Phi) is 6.11. The molecule has 7 nitrogen and oxygen atoms in total. The van der Waals surface area contributed by atoms with E-state index in [1.165, 1.54) is 0 Å². The molecule has 160 valence electrons. The van der Waals surface area contributed by atoms with Crippen molar-refractivity contribution in [3.8, 4) is 11.3 Å². The molecule has 2 aliphatic heterocycles. The Balaban J connectivity index is 1.39. The molecular formula is C22H27ClN4O3. The molecule has 0 spiro atoms. The number of aromatic amines is 1. The highest BCUT2D eigenvalue weighted by Crippen LogP contribution is 2.27. The molecular weight excluding hydrogens is 404 g/mol. The summed E-state index contributed by atoms with van der Waals surface area (Å²) < 4.78 is 5.73. The number of morpholine rings is 1. The Labute approximate surface area is 181 Å². The van der Waals surface area contributed by atoms with Gasteiger partial charge in [0.15, 0.2) is 0 Å². The average Bonchev–Trinajstić information content (AvgIpc) is 3.22. The van der Waals surface area contributed by atoms with Gasteiger partial charge < -0.3 is 14.5 Å². The summed E-state index contributed by atoms with van der Waals surface area (Å²) in [6.45, 7) is 6.41. The van der Waals surface area contributed by atoms with Crippen LogP contribution in [-0.4, -0.2) is 70.2 Å². The van der Waals surface area contributed by atoms with E-state index in [0.29, 0.717) is 55.3 Å². The lowest BCUT2D eigenvalue weighted by atomic mass is 9.94. The molecule has 1 N–H and O–H groups in total. The summed E-state index contributed by atoms with van der Waals surface area (Å²) in [7, 11) is 0. The third kappa shape index (κ3) is 4.37. The van der Waals surface area contributed by atoms with E-state index in [1.807, 2.05) is 35.8 Å².